The summed E-state index contributed by atoms with van der Waals surface area (Å²) in [4.78, 5) is 30.5. The third-order valence-corrected chi connectivity index (χ3v) is 7.19. The van der Waals surface area contributed by atoms with Gasteiger partial charge in [-0.15, -0.1) is 0 Å². The van der Waals surface area contributed by atoms with Gasteiger partial charge in [0.1, 0.15) is 12.4 Å². The Labute approximate surface area is 196 Å². The maximum Gasteiger partial charge on any atom is 0.338 e. The first kappa shape index (κ1) is 23.4. The molecule has 0 unspecified atom stereocenters. The normalized spacial score (nSPS) is 11.8. The number of hydrogen-bond donors (Lipinski definition) is 0. The molecule has 0 aliphatic rings. The molecule has 176 valence electrons. The molecule has 0 radical (unpaired) electrons. The second-order valence-electron chi connectivity index (χ2n) is 7.86. The smallest absolute Gasteiger partial charge is 0.338 e. The van der Waals surface area contributed by atoms with Crippen molar-refractivity contribution in [3.8, 4) is 0 Å². The lowest BCUT2D eigenvalue weighted by atomic mass is 10.1. The molecule has 0 bridgehead atoms. The van der Waals surface area contributed by atoms with E-state index in [1.807, 2.05) is 0 Å². The van der Waals surface area contributed by atoms with Crippen LogP contribution in [0.25, 0.3) is 10.9 Å². The van der Waals surface area contributed by atoms with Crippen molar-refractivity contribution in [3.63, 3.8) is 0 Å². The van der Waals surface area contributed by atoms with Gasteiger partial charge in [0.25, 0.3) is 5.56 Å². The molecule has 0 N–H and O–H groups in total. The number of para-hydroxylation sites is 1. The summed E-state index contributed by atoms with van der Waals surface area (Å²) in [6.07, 6.45) is 1.51. The second kappa shape index (κ2) is 9.24. The quantitative estimate of drug-likeness (QED) is 0.373. The highest BCUT2D eigenvalue weighted by molar-refractivity contribution is 7.89. The molecule has 10 heteroatoms. The molecule has 0 aliphatic carbocycles. The van der Waals surface area contributed by atoms with Crippen molar-refractivity contribution in [2.45, 2.75) is 25.0 Å². The Kier molecular flexibility index (Phi) is 6.36. The number of hydrogen-bond acceptors (Lipinski definition) is 7. The van der Waals surface area contributed by atoms with Crippen molar-refractivity contribution < 1.29 is 22.4 Å². The molecular weight excluding hydrogens is 458 g/mol. The van der Waals surface area contributed by atoms with Crippen LogP contribution in [0.15, 0.2) is 75.0 Å². The van der Waals surface area contributed by atoms with Gasteiger partial charge in [-0.3, -0.25) is 9.36 Å². The van der Waals surface area contributed by atoms with Gasteiger partial charge in [0.15, 0.2) is 5.82 Å². The van der Waals surface area contributed by atoms with Crippen LogP contribution in [-0.4, -0.2) is 42.3 Å². The highest BCUT2D eigenvalue weighted by atomic mass is 32.2. The molecule has 34 heavy (non-hydrogen) atoms. The summed E-state index contributed by atoms with van der Waals surface area (Å²) in [5.74, 6) is 0.0626. The summed E-state index contributed by atoms with van der Waals surface area (Å²) in [6, 6.07) is 14.6. The van der Waals surface area contributed by atoms with Gasteiger partial charge >= 0.3 is 5.97 Å². The predicted molar refractivity (Wildman–Crippen MR) is 125 cm³/mol. The summed E-state index contributed by atoms with van der Waals surface area (Å²) in [6.45, 7) is 1.51. The first-order chi connectivity index (χ1) is 16.2. The number of aryl methyl sites for hydroxylation is 1. The molecule has 0 amide bonds. The number of esters is 1. The summed E-state index contributed by atoms with van der Waals surface area (Å²) in [5.41, 5.74) is 0.860. The van der Waals surface area contributed by atoms with Crippen molar-refractivity contribution in [2.75, 3.05) is 14.1 Å². The number of ether oxygens (including phenoxy) is 1. The van der Waals surface area contributed by atoms with Gasteiger partial charge in [0.05, 0.1) is 34.2 Å². The van der Waals surface area contributed by atoms with Gasteiger partial charge in [-0.05, 0) is 48.9 Å². The lowest BCUT2D eigenvalue weighted by Crippen LogP contribution is -2.27. The van der Waals surface area contributed by atoms with Crippen molar-refractivity contribution in [1.82, 2.24) is 13.9 Å². The van der Waals surface area contributed by atoms with Gasteiger partial charge in [0, 0.05) is 14.1 Å². The van der Waals surface area contributed by atoms with Crippen molar-refractivity contribution in [3.05, 3.63) is 93.9 Å². The molecule has 4 rings (SSSR count). The zero-order valence-corrected chi connectivity index (χ0v) is 19.7. The number of furan rings is 1. The lowest BCUT2D eigenvalue weighted by molar-refractivity contribution is 0.0455. The highest BCUT2D eigenvalue weighted by Crippen LogP contribution is 2.20. The van der Waals surface area contributed by atoms with Crippen molar-refractivity contribution >= 4 is 26.9 Å². The average molecular weight is 482 g/mol. The average Bonchev–Trinajstić information content (AvgIpc) is 3.33. The van der Waals surface area contributed by atoms with E-state index in [9.17, 15) is 18.0 Å². The number of sulfonamides is 1. The molecule has 0 fully saturated rings. The van der Waals surface area contributed by atoms with Crippen LogP contribution < -0.4 is 5.56 Å². The minimum Gasteiger partial charge on any atom is -0.467 e. The molecule has 0 saturated carbocycles. The second-order valence-corrected chi connectivity index (χ2v) is 10.0. The Morgan fingerprint density at radius 2 is 1.88 bits per heavy atom. The molecule has 0 aliphatic heterocycles. The van der Waals surface area contributed by atoms with E-state index in [1.165, 1.54) is 37.1 Å². The Bertz CT molecular complexity index is 1520. The Morgan fingerprint density at radius 1 is 1.12 bits per heavy atom. The van der Waals surface area contributed by atoms with Crippen LogP contribution in [0, 0.1) is 6.92 Å². The number of nitrogens with zero attached hydrogens (tertiary/aromatic N) is 3. The monoisotopic (exact) mass is 481 g/mol. The number of benzene rings is 2. The minimum atomic E-state index is -3.73. The van der Waals surface area contributed by atoms with Crippen LogP contribution >= 0.6 is 0 Å². The van der Waals surface area contributed by atoms with Gasteiger partial charge in [-0.25, -0.2) is 22.5 Å². The van der Waals surface area contributed by atoms with Crippen molar-refractivity contribution in [1.29, 1.82) is 0 Å². The molecule has 2 aromatic heterocycles. The van der Waals surface area contributed by atoms with Crippen LogP contribution in [0.3, 0.4) is 0 Å². The van der Waals surface area contributed by atoms with E-state index in [2.05, 4.69) is 4.98 Å². The first-order valence-corrected chi connectivity index (χ1v) is 11.8. The number of fused-ring (bicyclic) bond motifs is 1. The third-order valence-electron chi connectivity index (χ3n) is 5.37. The van der Waals surface area contributed by atoms with Crippen molar-refractivity contribution in [2.24, 2.45) is 0 Å². The van der Waals surface area contributed by atoms with E-state index in [0.29, 0.717) is 22.2 Å². The highest BCUT2D eigenvalue weighted by Gasteiger charge is 2.21. The first-order valence-electron chi connectivity index (χ1n) is 10.4. The molecular formula is C24H23N3O6S. The van der Waals surface area contributed by atoms with Gasteiger partial charge in [-0.1, -0.05) is 18.2 Å². The zero-order chi connectivity index (χ0) is 24.5. The Hall–Kier alpha value is -3.76. The van der Waals surface area contributed by atoms with E-state index < -0.39 is 16.0 Å². The number of carbonyl (C=O) groups excluding carboxylic acids is 1. The Morgan fingerprint density at radius 3 is 2.59 bits per heavy atom. The third kappa shape index (κ3) is 4.50. The molecule has 4 aromatic rings. The maximum atomic E-state index is 13.1. The molecule has 0 saturated heterocycles. The number of rotatable bonds is 7. The van der Waals surface area contributed by atoms with Crippen LogP contribution in [0.1, 0.15) is 27.5 Å². The largest absolute Gasteiger partial charge is 0.467 e. The maximum absolute atomic E-state index is 13.1. The van der Waals surface area contributed by atoms with Crippen LogP contribution in [0.2, 0.25) is 0 Å². The zero-order valence-electron chi connectivity index (χ0n) is 18.9. The molecule has 9 nitrogen and oxygen atoms in total. The van der Waals surface area contributed by atoms with E-state index in [1.54, 1.807) is 49.4 Å². The van der Waals surface area contributed by atoms with E-state index in [4.69, 9.17) is 9.15 Å². The fraction of sp³-hybridized carbons (Fsp3) is 0.208. The fourth-order valence-electron chi connectivity index (χ4n) is 3.45. The van der Waals surface area contributed by atoms with Crippen LogP contribution in [0.5, 0.6) is 0 Å². The molecule has 0 spiro atoms. The van der Waals surface area contributed by atoms with Crippen LogP contribution in [-0.2, 0) is 27.9 Å². The summed E-state index contributed by atoms with van der Waals surface area (Å²) >= 11 is 0. The SMILES string of the molecule is Cc1ccc(S(=O)(=O)N(C)C)cc1C(=O)OCc1nc2ccccc2c(=O)n1Cc1ccco1. The molecule has 2 aromatic carbocycles. The molecule has 0 atom stereocenters. The van der Waals surface area contributed by atoms with Crippen LogP contribution in [0.4, 0.5) is 0 Å². The minimum absolute atomic E-state index is 0.0198. The summed E-state index contributed by atoms with van der Waals surface area (Å²) < 4.78 is 38.3. The van der Waals surface area contributed by atoms with Gasteiger partial charge in [-0.2, -0.15) is 0 Å². The molecule has 2 heterocycles. The number of carbonyl (C=O) groups is 1. The fourth-order valence-corrected chi connectivity index (χ4v) is 4.37. The summed E-state index contributed by atoms with van der Waals surface area (Å²) in [5, 5.41) is 0.432. The Balaban J connectivity index is 1.67. The number of aromatic nitrogens is 2. The standard InChI is InChI=1S/C24H23N3O6S/c1-16-10-11-18(34(30,31)26(2)3)13-20(16)24(29)33-15-22-25-21-9-5-4-8-19(21)23(28)27(22)14-17-7-6-12-32-17/h4-13H,14-15H2,1-3H3. The summed E-state index contributed by atoms with van der Waals surface area (Å²) in [7, 11) is -0.898. The lowest BCUT2D eigenvalue weighted by Gasteiger charge is -2.15. The van der Waals surface area contributed by atoms with E-state index in [0.717, 1.165) is 4.31 Å². The van der Waals surface area contributed by atoms with E-state index >= 15 is 0 Å². The van der Waals surface area contributed by atoms with Gasteiger partial charge in [0.2, 0.25) is 10.0 Å². The predicted octanol–water partition coefficient (Wildman–Crippen LogP) is 2.95. The topological polar surface area (TPSA) is 112 Å². The van der Waals surface area contributed by atoms with E-state index in [-0.39, 0.29) is 35.0 Å². The van der Waals surface area contributed by atoms with Gasteiger partial charge < -0.3 is 9.15 Å².